The molecule has 0 amide bonds. The van der Waals surface area contributed by atoms with Gasteiger partial charge in [-0.05, 0) is 30.2 Å². The van der Waals surface area contributed by atoms with Gasteiger partial charge in [0.25, 0.3) is 0 Å². The lowest BCUT2D eigenvalue weighted by atomic mass is 10.0. The molecule has 0 bridgehead atoms. The zero-order valence-corrected chi connectivity index (χ0v) is 15.8. The molecule has 5 heteroatoms. The van der Waals surface area contributed by atoms with Crippen LogP contribution in [0.5, 0.6) is 0 Å². The van der Waals surface area contributed by atoms with E-state index in [4.69, 9.17) is 0 Å². The van der Waals surface area contributed by atoms with E-state index < -0.39 is 0 Å². The fourth-order valence-corrected chi connectivity index (χ4v) is 3.71. The summed E-state index contributed by atoms with van der Waals surface area (Å²) in [7, 11) is 1.80. The Hall–Kier alpha value is -2.40. The Labute approximate surface area is 153 Å². The fraction of sp³-hybridized carbons (Fsp3) is 0.300. The largest absolute Gasteiger partial charge is 0.356 e. The van der Waals surface area contributed by atoms with Gasteiger partial charge in [0.05, 0.1) is 10.7 Å². The number of aromatic nitrogens is 1. The number of nitrogens with zero attached hydrogens (tertiary/aromatic N) is 2. The summed E-state index contributed by atoms with van der Waals surface area (Å²) in [6.45, 7) is 5.75. The van der Waals surface area contributed by atoms with Gasteiger partial charge in [0.1, 0.15) is 0 Å². The first-order chi connectivity index (χ1) is 12.2. The normalized spacial score (nSPS) is 11.7. The molecule has 1 heterocycles. The Morgan fingerprint density at radius 2 is 1.88 bits per heavy atom. The van der Waals surface area contributed by atoms with Gasteiger partial charge in [0, 0.05) is 31.4 Å². The van der Waals surface area contributed by atoms with E-state index in [1.54, 1.807) is 18.4 Å². The first kappa shape index (κ1) is 17.4. The van der Waals surface area contributed by atoms with Crippen LogP contribution in [-0.2, 0) is 13.0 Å². The number of aryl methyl sites for hydroxylation is 2. The van der Waals surface area contributed by atoms with Crippen LogP contribution in [0.2, 0.25) is 0 Å². The second-order valence-corrected chi connectivity index (χ2v) is 7.28. The van der Waals surface area contributed by atoms with Crippen molar-refractivity contribution >= 4 is 28.1 Å². The Morgan fingerprint density at radius 3 is 2.64 bits per heavy atom. The smallest absolute Gasteiger partial charge is 0.191 e. The maximum absolute atomic E-state index is 4.58. The third-order valence-electron chi connectivity index (χ3n) is 4.25. The van der Waals surface area contributed by atoms with Gasteiger partial charge in [-0.1, -0.05) is 42.5 Å². The number of hydrogen-bond donors (Lipinski definition) is 2. The summed E-state index contributed by atoms with van der Waals surface area (Å²) in [5, 5.41) is 10.5. The molecule has 3 rings (SSSR count). The van der Waals surface area contributed by atoms with Crippen LogP contribution >= 0.6 is 11.3 Å². The molecule has 0 spiro atoms. The van der Waals surface area contributed by atoms with Crippen LogP contribution < -0.4 is 10.6 Å². The molecule has 4 nitrogen and oxygen atoms in total. The van der Waals surface area contributed by atoms with Crippen molar-refractivity contribution in [2.24, 2.45) is 4.99 Å². The van der Waals surface area contributed by atoms with Crippen LogP contribution in [0.4, 0.5) is 0 Å². The van der Waals surface area contributed by atoms with E-state index in [0.29, 0.717) is 0 Å². The minimum atomic E-state index is 0.747. The molecule has 3 aromatic rings. The van der Waals surface area contributed by atoms with Crippen molar-refractivity contribution in [3.8, 4) is 0 Å². The first-order valence-electron chi connectivity index (χ1n) is 8.51. The lowest BCUT2D eigenvalue weighted by molar-refractivity contribution is 0.793. The summed E-state index contributed by atoms with van der Waals surface area (Å²) in [6, 6.07) is 14.9. The molecular weight excluding hydrogens is 328 g/mol. The van der Waals surface area contributed by atoms with Gasteiger partial charge in [0.2, 0.25) is 0 Å². The molecule has 0 aliphatic rings. The SMILES string of the molecule is CN=C(NCCc1nc(C)c(C)s1)NCc1cccc2ccccc12. The highest BCUT2D eigenvalue weighted by atomic mass is 32.1. The molecule has 0 unspecified atom stereocenters. The maximum Gasteiger partial charge on any atom is 0.191 e. The van der Waals surface area contributed by atoms with Gasteiger partial charge >= 0.3 is 0 Å². The Kier molecular flexibility index (Phi) is 5.66. The molecular formula is C20H24N4S. The van der Waals surface area contributed by atoms with Crippen molar-refractivity contribution < 1.29 is 0 Å². The topological polar surface area (TPSA) is 49.3 Å². The first-order valence-corrected chi connectivity index (χ1v) is 9.33. The highest BCUT2D eigenvalue weighted by Crippen LogP contribution is 2.18. The number of benzene rings is 2. The van der Waals surface area contributed by atoms with Crippen molar-refractivity contribution in [1.82, 2.24) is 15.6 Å². The molecule has 2 aromatic carbocycles. The Balaban J connectivity index is 1.55. The van der Waals surface area contributed by atoms with Crippen molar-refractivity contribution in [1.29, 1.82) is 0 Å². The van der Waals surface area contributed by atoms with Gasteiger partial charge in [-0.3, -0.25) is 4.99 Å². The summed E-state index contributed by atoms with van der Waals surface area (Å²) in [6.07, 6.45) is 0.911. The molecule has 0 atom stereocenters. The Bertz CT molecular complexity index is 858. The number of hydrogen-bond acceptors (Lipinski definition) is 3. The quantitative estimate of drug-likeness (QED) is 0.542. The number of guanidine groups is 1. The monoisotopic (exact) mass is 352 g/mol. The fourth-order valence-electron chi connectivity index (χ4n) is 2.78. The molecule has 0 aliphatic heterocycles. The Morgan fingerprint density at radius 1 is 1.08 bits per heavy atom. The average Bonchev–Trinajstić information content (AvgIpc) is 2.95. The summed E-state index contributed by atoms with van der Waals surface area (Å²) < 4.78 is 0. The van der Waals surface area contributed by atoms with Crippen molar-refractivity contribution in [3.05, 3.63) is 63.6 Å². The predicted molar refractivity (Wildman–Crippen MR) is 107 cm³/mol. The van der Waals surface area contributed by atoms with Gasteiger partial charge in [-0.2, -0.15) is 0 Å². The maximum atomic E-state index is 4.58. The highest BCUT2D eigenvalue weighted by molar-refractivity contribution is 7.11. The zero-order chi connectivity index (χ0) is 17.6. The third kappa shape index (κ3) is 4.37. The van der Waals surface area contributed by atoms with Gasteiger partial charge in [-0.15, -0.1) is 11.3 Å². The second-order valence-electron chi connectivity index (χ2n) is 5.99. The van der Waals surface area contributed by atoms with Crippen LogP contribution in [-0.4, -0.2) is 24.5 Å². The van der Waals surface area contributed by atoms with E-state index in [9.17, 15) is 0 Å². The van der Waals surface area contributed by atoms with Crippen LogP contribution in [0.1, 0.15) is 21.1 Å². The molecule has 2 N–H and O–H groups in total. The van der Waals surface area contributed by atoms with E-state index in [1.807, 2.05) is 0 Å². The average molecular weight is 353 g/mol. The van der Waals surface area contributed by atoms with Crippen molar-refractivity contribution in [2.75, 3.05) is 13.6 Å². The van der Waals surface area contributed by atoms with E-state index in [0.717, 1.165) is 31.2 Å². The summed E-state index contributed by atoms with van der Waals surface area (Å²) in [4.78, 5) is 10.2. The van der Waals surface area contributed by atoms with Gasteiger partial charge in [0.15, 0.2) is 5.96 Å². The zero-order valence-electron chi connectivity index (χ0n) is 15.0. The lowest BCUT2D eigenvalue weighted by Gasteiger charge is -2.13. The molecule has 25 heavy (non-hydrogen) atoms. The van der Waals surface area contributed by atoms with Crippen LogP contribution in [0.25, 0.3) is 10.8 Å². The van der Waals surface area contributed by atoms with E-state index in [1.165, 1.54) is 26.2 Å². The van der Waals surface area contributed by atoms with Crippen LogP contribution in [0, 0.1) is 13.8 Å². The molecule has 0 saturated carbocycles. The summed E-state index contributed by atoms with van der Waals surface area (Å²) >= 11 is 1.77. The lowest BCUT2D eigenvalue weighted by Crippen LogP contribution is -2.37. The predicted octanol–water partition coefficient (Wildman–Crippen LogP) is 3.82. The van der Waals surface area contributed by atoms with Crippen molar-refractivity contribution in [2.45, 2.75) is 26.8 Å². The third-order valence-corrected chi connectivity index (χ3v) is 5.39. The standard InChI is InChI=1S/C20H24N4S/c1-14-15(2)25-19(24-14)11-12-22-20(21-3)23-13-17-9-6-8-16-7-4-5-10-18(16)17/h4-10H,11-13H2,1-3H3,(H2,21,22,23). The summed E-state index contributed by atoms with van der Waals surface area (Å²) in [5.74, 6) is 0.818. The van der Waals surface area contributed by atoms with Gasteiger partial charge in [-0.25, -0.2) is 4.98 Å². The van der Waals surface area contributed by atoms with Crippen LogP contribution in [0.15, 0.2) is 47.5 Å². The molecule has 0 fully saturated rings. The minimum Gasteiger partial charge on any atom is -0.356 e. The number of rotatable bonds is 5. The van der Waals surface area contributed by atoms with Crippen molar-refractivity contribution in [3.63, 3.8) is 0 Å². The molecule has 1 aromatic heterocycles. The highest BCUT2D eigenvalue weighted by Gasteiger charge is 2.05. The molecule has 0 radical (unpaired) electrons. The molecule has 130 valence electrons. The molecule has 0 saturated heterocycles. The van der Waals surface area contributed by atoms with Gasteiger partial charge < -0.3 is 10.6 Å². The number of nitrogens with one attached hydrogen (secondary N) is 2. The van der Waals surface area contributed by atoms with Crippen LogP contribution in [0.3, 0.4) is 0 Å². The number of aliphatic imine (C=N–C) groups is 1. The number of thiazole rings is 1. The minimum absolute atomic E-state index is 0.747. The number of fused-ring (bicyclic) bond motifs is 1. The summed E-state index contributed by atoms with van der Waals surface area (Å²) in [5.41, 5.74) is 2.41. The van der Waals surface area contributed by atoms with E-state index in [2.05, 4.69) is 76.9 Å². The molecule has 0 aliphatic carbocycles. The van der Waals surface area contributed by atoms with E-state index >= 15 is 0 Å². The second kappa shape index (κ2) is 8.12. The van der Waals surface area contributed by atoms with E-state index in [-0.39, 0.29) is 0 Å².